The van der Waals surface area contributed by atoms with Gasteiger partial charge in [-0.1, -0.05) is 44.4 Å². The highest BCUT2D eigenvalue weighted by atomic mass is 14.6. The molecule has 1 heteroatoms. The number of hydrogen-bond acceptors (Lipinski definition) is 1. The van der Waals surface area contributed by atoms with Crippen LogP contribution in [0.2, 0.25) is 0 Å². The maximum absolute atomic E-state index is 5.70. The predicted molar refractivity (Wildman–Crippen MR) is 69.5 cm³/mol. The average Bonchev–Trinajstić information content (AvgIpc) is 2.22. The van der Waals surface area contributed by atoms with Crippen LogP contribution in [0.25, 0.3) is 0 Å². The zero-order chi connectivity index (χ0) is 11.8. The minimum atomic E-state index is 0.455. The Morgan fingerprint density at radius 3 is 2.33 bits per heavy atom. The summed E-state index contributed by atoms with van der Waals surface area (Å²) < 4.78 is 0. The standard InChI is InChI=1S/C14H25N/c1-6-8-9-10-14(7-2)12(4)11(3)13(5)15/h7,14H,2,5-6,8-10,15H2,1,3-4H3/b12-11+. The van der Waals surface area contributed by atoms with E-state index in [9.17, 15) is 0 Å². The Morgan fingerprint density at radius 1 is 1.33 bits per heavy atom. The fourth-order valence-electron chi connectivity index (χ4n) is 1.66. The van der Waals surface area contributed by atoms with E-state index in [1.807, 2.05) is 13.0 Å². The third kappa shape index (κ3) is 4.87. The van der Waals surface area contributed by atoms with E-state index in [4.69, 9.17) is 5.73 Å². The van der Waals surface area contributed by atoms with Gasteiger partial charge in [0, 0.05) is 5.70 Å². The lowest BCUT2D eigenvalue weighted by atomic mass is 9.90. The van der Waals surface area contributed by atoms with E-state index >= 15 is 0 Å². The van der Waals surface area contributed by atoms with Crippen LogP contribution in [0.4, 0.5) is 0 Å². The minimum absolute atomic E-state index is 0.455. The summed E-state index contributed by atoms with van der Waals surface area (Å²) in [4.78, 5) is 0. The number of allylic oxidation sites excluding steroid dienone is 3. The molecule has 1 atom stereocenters. The lowest BCUT2D eigenvalue weighted by molar-refractivity contribution is 0.590. The van der Waals surface area contributed by atoms with Crippen LogP contribution in [0.1, 0.15) is 46.5 Å². The van der Waals surface area contributed by atoms with Gasteiger partial charge >= 0.3 is 0 Å². The van der Waals surface area contributed by atoms with Crippen molar-refractivity contribution in [3.63, 3.8) is 0 Å². The zero-order valence-electron chi connectivity index (χ0n) is 10.5. The molecule has 0 heterocycles. The van der Waals surface area contributed by atoms with Crippen LogP contribution in [-0.2, 0) is 0 Å². The van der Waals surface area contributed by atoms with Crippen molar-refractivity contribution < 1.29 is 0 Å². The summed E-state index contributed by atoms with van der Waals surface area (Å²) in [6.07, 6.45) is 7.01. The molecule has 0 amide bonds. The van der Waals surface area contributed by atoms with E-state index in [1.54, 1.807) is 0 Å². The van der Waals surface area contributed by atoms with Gasteiger partial charge in [0.1, 0.15) is 0 Å². The molecular weight excluding hydrogens is 182 g/mol. The molecule has 0 radical (unpaired) electrons. The van der Waals surface area contributed by atoms with Crippen LogP contribution in [0.5, 0.6) is 0 Å². The van der Waals surface area contributed by atoms with Crippen LogP contribution < -0.4 is 5.73 Å². The van der Waals surface area contributed by atoms with Crippen molar-refractivity contribution in [1.29, 1.82) is 0 Å². The van der Waals surface area contributed by atoms with Gasteiger partial charge in [-0.15, -0.1) is 6.58 Å². The molecular formula is C14H25N. The Kier molecular flexibility index (Phi) is 6.85. The van der Waals surface area contributed by atoms with Gasteiger partial charge in [-0.05, 0) is 31.8 Å². The van der Waals surface area contributed by atoms with Crippen molar-refractivity contribution in [2.24, 2.45) is 11.7 Å². The van der Waals surface area contributed by atoms with Gasteiger partial charge in [-0.25, -0.2) is 0 Å². The van der Waals surface area contributed by atoms with Crippen LogP contribution in [0.15, 0.2) is 36.1 Å². The van der Waals surface area contributed by atoms with Crippen LogP contribution in [0.3, 0.4) is 0 Å². The SMILES string of the molecule is C=CC(CCCCC)/C(C)=C(\C)C(=C)N. The Balaban J connectivity index is 4.46. The van der Waals surface area contributed by atoms with Gasteiger partial charge in [0.25, 0.3) is 0 Å². The molecule has 0 aliphatic heterocycles. The van der Waals surface area contributed by atoms with Crippen molar-refractivity contribution >= 4 is 0 Å². The number of nitrogens with two attached hydrogens (primary N) is 1. The molecule has 0 spiro atoms. The van der Waals surface area contributed by atoms with Gasteiger partial charge in [0.05, 0.1) is 0 Å². The second kappa shape index (κ2) is 7.33. The summed E-state index contributed by atoms with van der Waals surface area (Å²) >= 11 is 0. The maximum atomic E-state index is 5.70. The quantitative estimate of drug-likeness (QED) is 0.378. The molecule has 0 bridgehead atoms. The number of rotatable bonds is 7. The van der Waals surface area contributed by atoms with E-state index in [1.165, 1.54) is 31.3 Å². The summed E-state index contributed by atoms with van der Waals surface area (Å²) in [5, 5.41) is 0. The maximum Gasteiger partial charge on any atom is 0.0270 e. The monoisotopic (exact) mass is 207 g/mol. The van der Waals surface area contributed by atoms with Crippen LogP contribution in [-0.4, -0.2) is 0 Å². The van der Waals surface area contributed by atoms with Crippen LogP contribution >= 0.6 is 0 Å². The normalized spacial score (nSPS) is 14.3. The molecule has 0 fully saturated rings. The van der Waals surface area contributed by atoms with E-state index in [-0.39, 0.29) is 0 Å². The predicted octanol–water partition coefficient (Wildman–Crippen LogP) is 4.18. The topological polar surface area (TPSA) is 26.0 Å². The first-order valence-electron chi connectivity index (χ1n) is 5.79. The fraction of sp³-hybridized carbons (Fsp3) is 0.571. The van der Waals surface area contributed by atoms with Crippen LogP contribution in [0, 0.1) is 5.92 Å². The summed E-state index contributed by atoms with van der Waals surface area (Å²) in [5.74, 6) is 0.455. The van der Waals surface area contributed by atoms with Gasteiger partial charge in [0.15, 0.2) is 0 Å². The first-order chi connectivity index (χ1) is 7.04. The lowest BCUT2D eigenvalue weighted by Gasteiger charge is -2.16. The number of unbranched alkanes of at least 4 members (excludes halogenated alkanes) is 2. The van der Waals surface area contributed by atoms with Gasteiger partial charge < -0.3 is 5.73 Å². The van der Waals surface area contributed by atoms with Crippen molar-refractivity contribution in [1.82, 2.24) is 0 Å². The van der Waals surface area contributed by atoms with Crippen molar-refractivity contribution in [2.75, 3.05) is 0 Å². The molecule has 86 valence electrons. The molecule has 1 nitrogen and oxygen atoms in total. The van der Waals surface area contributed by atoms with Gasteiger partial charge in [-0.3, -0.25) is 0 Å². The Hall–Kier alpha value is -0.980. The minimum Gasteiger partial charge on any atom is -0.399 e. The van der Waals surface area contributed by atoms with E-state index in [2.05, 4.69) is 27.0 Å². The summed E-state index contributed by atoms with van der Waals surface area (Å²) in [7, 11) is 0. The highest BCUT2D eigenvalue weighted by Gasteiger charge is 2.09. The van der Waals surface area contributed by atoms with Gasteiger partial charge in [0.2, 0.25) is 0 Å². The smallest absolute Gasteiger partial charge is 0.0270 e. The van der Waals surface area contributed by atoms with E-state index in [0.29, 0.717) is 11.6 Å². The second-order valence-electron chi connectivity index (χ2n) is 4.17. The second-order valence-corrected chi connectivity index (χ2v) is 4.17. The molecule has 15 heavy (non-hydrogen) atoms. The lowest BCUT2D eigenvalue weighted by Crippen LogP contribution is -2.05. The third-order valence-corrected chi connectivity index (χ3v) is 3.03. The summed E-state index contributed by atoms with van der Waals surface area (Å²) in [5.41, 5.74) is 8.81. The molecule has 1 unspecified atom stereocenters. The molecule has 0 aliphatic carbocycles. The molecule has 0 saturated carbocycles. The fourth-order valence-corrected chi connectivity index (χ4v) is 1.66. The molecule has 0 aromatic rings. The molecule has 0 saturated heterocycles. The largest absolute Gasteiger partial charge is 0.399 e. The van der Waals surface area contributed by atoms with Crippen molar-refractivity contribution in [3.05, 3.63) is 36.1 Å². The summed E-state index contributed by atoms with van der Waals surface area (Å²) in [6.45, 7) is 14.1. The molecule has 0 aromatic carbocycles. The highest BCUT2D eigenvalue weighted by Crippen LogP contribution is 2.23. The molecule has 2 N–H and O–H groups in total. The Morgan fingerprint density at radius 2 is 1.93 bits per heavy atom. The van der Waals surface area contributed by atoms with E-state index < -0.39 is 0 Å². The summed E-state index contributed by atoms with van der Waals surface area (Å²) in [6, 6.07) is 0. The average molecular weight is 207 g/mol. The Labute approximate surface area is 94.8 Å². The van der Waals surface area contributed by atoms with Crippen molar-refractivity contribution in [3.8, 4) is 0 Å². The molecule has 0 rings (SSSR count). The molecule has 0 aromatic heterocycles. The number of hydrogen-bond donors (Lipinski definition) is 1. The van der Waals surface area contributed by atoms with Gasteiger partial charge in [-0.2, -0.15) is 0 Å². The van der Waals surface area contributed by atoms with E-state index in [0.717, 1.165) is 5.57 Å². The zero-order valence-corrected chi connectivity index (χ0v) is 10.5. The highest BCUT2D eigenvalue weighted by molar-refractivity contribution is 5.30. The molecule has 0 aliphatic rings. The first-order valence-corrected chi connectivity index (χ1v) is 5.79. The van der Waals surface area contributed by atoms with Crippen molar-refractivity contribution in [2.45, 2.75) is 46.5 Å². The first kappa shape index (κ1) is 14.0. The Bertz CT molecular complexity index is 248. The third-order valence-electron chi connectivity index (χ3n) is 3.03.